The van der Waals surface area contributed by atoms with Crippen LogP contribution in [0.25, 0.3) is 0 Å². The average Bonchev–Trinajstić information content (AvgIpc) is 2.29. The maximum absolute atomic E-state index is 11.2. The third kappa shape index (κ3) is 4.49. The van der Waals surface area contributed by atoms with Gasteiger partial charge in [0.2, 0.25) is 0 Å². The Labute approximate surface area is 110 Å². The smallest absolute Gasteiger partial charge is 0.319 e. The molecule has 3 heteroatoms. The molecule has 0 saturated heterocycles. The number of ether oxygens (including phenoxy) is 1. The van der Waals surface area contributed by atoms with Crippen molar-refractivity contribution in [3.63, 3.8) is 0 Å². The van der Waals surface area contributed by atoms with Gasteiger partial charge >= 0.3 is 5.97 Å². The number of hydrogen-bond donors (Lipinski definition) is 1. The van der Waals surface area contributed by atoms with Crippen LogP contribution >= 0.6 is 0 Å². The molecule has 0 aliphatic carbocycles. The Morgan fingerprint density at radius 1 is 1.39 bits per heavy atom. The zero-order chi connectivity index (χ0) is 13.6. The highest BCUT2D eigenvalue weighted by Crippen LogP contribution is 2.22. The summed E-state index contributed by atoms with van der Waals surface area (Å²) in [7, 11) is 0. The van der Waals surface area contributed by atoms with E-state index in [1.54, 1.807) is 0 Å². The number of carbonyl (C=O) groups excluding carboxylic acids is 1. The van der Waals surface area contributed by atoms with Gasteiger partial charge in [-0.25, -0.2) is 0 Å². The molecule has 0 radical (unpaired) electrons. The molecule has 1 aromatic carbocycles. The Balaban J connectivity index is 2.52. The third-order valence-corrected chi connectivity index (χ3v) is 2.94. The molecule has 1 N–H and O–H groups in total. The Morgan fingerprint density at radius 3 is 2.72 bits per heavy atom. The van der Waals surface area contributed by atoms with Gasteiger partial charge in [0, 0.05) is 12.0 Å². The van der Waals surface area contributed by atoms with Crippen LogP contribution in [0.2, 0.25) is 0 Å². The standard InChI is InChI=1S/C15H23NO2/c1-5-18-14(17)10-16-11-15(3,4)13-8-6-7-12(2)9-13/h6-9,16H,5,10-11H2,1-4H3. The summed E-state index contributed by atoms with van der Waals surface area (Å²) >= 11 is 0. The lowest BCUT2D eigenvalue weighted by Gasteiger charge is -2.26. The highest BCUT2D eigenvalue weighted by molar-refractivity contribution is 5.71. The van der Waals surface area contributed by atoms with Crippen molar-refractivity contribution < 1.29 is 9.53 Å². The van der Waals surface area contributed by atoms with Crippen molar-refractivity contribution >= 4 is 5.97 Å². The Hall–Kier alpha value is -1.35. The fraction of sp³-hybridized carbons (Fsp3) is 0.533. The van der Waals surface area contributed by atoms with Crippen molar-refractivity contribution in [2.24, 2.45) is 0 Å². The highest BCUT2D eigenvalue weighted by atomic mass is 16.5. The molecule has 0 aliphatic heterocycles. The first-order valence-corrected chi connectivity index (χ1v) is 6.39. The molecule has 3 nitrogen and oxygen atoms in total. The molecular formula is C15H23NO2. The van der Waals surface area contributed by atoms with Gasteiger partial charge < -0.3 is 10.1 Å². The summed E-state index contributed by atoms with van der Waals surface area (Å²) in [5.74, 6) is -0.197. The zero-order valence-corrected chi connectivity index (χ0v) is 11.7. The van der Waals surface area contributed by atoms with Gasteiger partial charge in [-0.3, -0.25) is 4.79 Å². The van der Waals surface area contributed by atoms with E-state index in [1.165, 1.54) is 11.1 Å². The van der Waals surface area contributed by atoms with Crippen LogP contribution in [0.15, 0.2) is 24.3 Å². The fourth-order valence-corrected chi connectivity index (χ4v) is 1.86. The second kappa shape index (κ2) is 6.55. The minimum Gasteiger partial charge on any atom is -0.465 e. The van der Waals surface area contributed by atoms with E-state index in [-0.39, 0.29) is 17.9 Å². The SMILES string of the molecule is CCOC(=O)CNCC(C)(C)c1cccc(C)c1. The lowest BCUT2D eigenvalue weighted by molar-refractivity contribution is -0.142. The van der Waals surface area contributed by atoms with Gasteiger partial charge in [-0.2, -0.15) is 0 Å². The molecule has 0 heterocycles. The van der Waals surface area contributed by atoms with Crippen molar-refractivity contribution in [2.45, 2.75) is 33.1 Å². The van der Waals surface area contributed by atoms with Gasteiger partial charge in [0.05, 0.1) is 13.2 Å². The lowest BCUT2D eigenvalue weighted by atomic mass is 9.84. The number of rotatable bonds is 6. The number of nitrogens with one attached hydrogen (secondary N) is 1. The van der Waals surface area contributed by atoms with Crippen molar-refractivity contribution in [3.8, 4) is 0 Å². The van der Waals surface area contributed by atoms with Crippen LogP contribution in [0.5, 0.6) is 0 Å². The molecule has 0 saturated carbocycles. The highest BCUT2D eigenvalue weighted by Gasteiger charge is 2.20. The van der Waals surface area contributed by atoms with Crippen LogP contribution in [0.1, 0.15) is 31.9 Å². The van der Waals surface area contributed by atoms with Crippen LogP contribution in [-0.4, -0.2) is 25.7 Å². The molecular weight excluding hydrogens is 226 g/mol. The van der Waals surface area contributed by atoms with Crippen LogP contribution in [0.4, 0.5) is 0 Å². The van der Waals surface area contributed by atoms with Crippen LogP contribution in [0, 0.1) is 6.92 Å². The van der Waals surface area contributed by atoms with Gasteiger partial charge in [-0.15, -0.1) is 0 Å². The summed E-state index contributed by atoms with van der Waals surface area (Å²) in [5.41, 5.74) is 2.53. The van der Waals surface area contributed by atoms with E-state index >= 15 is 0 Å². The summed E-state index contributed by atoms with van der Waals surface area (Å²) in [6, 6.07) is 8.47. The van der Waals surface area contributed by atoms with Gasteiger partial charge in [0.25, 0.3) is 0 Å². The summed E-state index contributed by atoms with van der Waals surface area (Å²) in [5, 5.41) is 3.15. The quantitative estimate of drug-likeness (QED) is 0.787. The van der Waals surface area contributed by atoms with E-state index in [1.807, 2.05) is 6.92 Å². The third-order valence-electron chi connectivity index (χ3n) is 2.94. The van der Waals surface area contributed by atoms with E-state index in [2.05, 4.69) is 50.4 Å². The molecule has 100 valence electrons. The van der Waals surface area contributed by atoms with Crippen molar-refractivity contribution in [1.29, 1.82) is 0 Å². The minimum absolute atomic E-state index is 0.00147. The molecule has 0 bridgehead atoms. The summed E-state index contributed by atoms with van der Waals surface area (Å²) in [6.45, 7) is 9.68. The topological polar surface area (TPSA) is 38.3 Å². The van der Waals surface area contributed by atoms with Crippen molar-refractivity contribution in [1.82, 2.24) is 5.32 Å². The Bertz CT molecular complexity index is 399. The van der Waals surface area contributed by atoms with Gasteiger partial charge in [-0.05, 0) is 19.4 Å². The fourth-order valence-electron chi connectivity index (χ4n) is 1.86. The summed E-state index contributed by atoms with van der Waals surface area (Å²) < 4.78 is 4.88. The predicted octanol–water partition coefficient (Wildman–Crippen LogP) is 2.43. The molecule has 0 amide bonds. The molecule has 1 aromatic rings. The molecule has 0 atom stereocenters. The number of hydrogen-bond acceptors (Lipinski definition) is 3. The van der Waals surface area contributed by atoms with Gasteiger partial charge in [0.1, 0.15) is 0 Å². The maximum atomic E-state index is 11.2. The van der Waals surface area contributed by atoms with E-state index in [0.717, 1.165) is 6.54 Å². The monoisotopic (exact) mass is 249 g/mol. The van der Waals surface area contributed by atoms with E-state index in [0.29, 0.717) is 6.61 Å². The molecule has 0 aliphatic rings. The molecule has 1 rings (SSSR count). The van der Waals surface area contributed by atoms with Gasteiger partial charge in [0.15, 0.2) is 0 Å². The first-order valence-electron chi connectivity index (χ1n) is 6.39. The second-order valence-corrected chi connectivity index (χ2v) is 5.16. The van der Waals surface area contributed by atoms with Crippen LogP contribution < -0.4 is 5.32 Å². The lowest BCUT2D eigenvalue weighted by Crippen LogP contribution is -2.36. The first kappa shape index (κ1) is 14.7. The zero-order valence-electron chi connectivity index (χ0n) is 11.7. The van der Waals surface area contributed by atoms with Crippen LogP contribution in [0.3, 0.4) is 0 Å². The summed E-state index contributed by atoms with van der Waals surface area (Å²) in [4.78, 5) is 11.2. The molecule has 0 aromatic heterocycles. The molecule has 0 spiro atoms. The van der Waals surface area contributed by atoms with Gasteiger partial charge in [-0.1, -0.05) is 43.7 Å². The maximum Gasteiger partial charge on any atom is 0.319 e. The average molecular weight is 249 g/mol. The predicted molar refractivity (Wildman–Crippen MR) is 73.7 cm³/mol. The van der Waals surface area contributed by atoms with E-state index in [9.17, 15) is 4.79 Å². The van der Waals surface area contributed by atoms with Crippen LogP contribution in [-0.2, 0) is 14.9 Å². The van der Waals surface area contributed by atoms with Crippen molar-refractivity contribution in [2.75, 3.05) is 19.7 Å². The number of carbonyl (C=O) groups is 1. The number of aryl methyl sites for hydroxylation is 1. The second-order valence-electron chi connectivity index (χ2n) is 5.16. The first-order chi connectivity index (χ1) is 8.45. The molecule has 0 fully saturated rings. The molecule has 18 heavy (non-hydrogen) atoms. The Morgan fingerprint density at radius 2 is 2.11 bits per heavy atom. The summed E-state index contributed by atoms with van der Waals surface area (Å²) in [6.07, 6.45) is 0. The van der Waals surface area contributed by atoms with Crippen molar-refractivity contribution in [3.05, 3.63) is 35.4 Å². The molecule has 0 unspecified atom stereocenters. The number of esters is 1. The largest absolute Gasteiger partial charge is 0.465 e. The number of benzene rings is 1. The van der Waals surface area contributed by atoms with E-state index < -0.39 is 0 Å². The minimum atomic E-state index is -0.197. The normalized spacial score (nSPS) is 11.3. The van der Waals surface area contributed by atoms with E-state index in [4.69, 9.17) is 4.74 Å². The Kier molecular flexibility index (Phi) is 5.35.